The smallest absolute Gasteiger partial charge is 0.195 e. The zero-order chi connectivity index (χ0) is 19.2. The first kappa shape index (κ1) is 17.7. The van der Waals surface area contributed by atoms with Gasteiger partial charge in [0.15, 0.2) is 5.78 Å². The minimum absolute atomic E-state index is 0.0222. The Morgan fingerprint density at radius 1 is 0.643 bits per heavy atom. The van der Waals surface area contributed by atoms with Crippen LogP contribution in [0.3, 0.4) is 0 Å². The zero-order valence-electron chi connectivity index (χ0n) is 15.5. The summed E-state index contributed by atoms with van der Waals surface area (Å²) in [6, 6.07) is 35.7. The van der Waals surface area contributed by atoms with Gasteiger partial charge in [-0.25, -0.2) is 0 Å². The highest BCUT2D eigenvalue weighted by molar-refractivity contribution is 6.13. The van der Waals surface area contributed by atoms with Crippen LogP contribution < -0.4 is 5.32 Å². The highest BCUT2D eigenvalue weighted by atomic mass is 16.1. The summed E-state index contributed by atoms with van der Waals surface area (Å²) < 4.78 is 0. The number of rotatable bonds is 6. The fraction of sp³-hybridized carbons (Fsp3) is 0.0385. The molecule has 0 aliphatic carbocycles. The average Bonchev–Trinajstić information content (AvgIpc) is 2.76. The molecule has 0 saturated carbocycles. The lowest BCUT2D eigenvalue weighted by atomic mass is 9.95. The van der Waals surface area contributed by atoms with Crippen molar-refractivity contribution >= 4 is 17.2 Å². The number of ketones is 1. The van der Waals surface area contributed by atoms with Crippen LogP contribution in [-0.2, 0) is 6.42 Å². The molecule has 4 aromatic carbocycles. The third-order valence-corrected chi connectivity index (χ3v) is 4.71. The number of hydrogen-bond acceptors (Lipinski definition) is 2. The van der Waals surface area contributed by atoms with Crippen LogP contribution in [0.15, 0.2) is 109 Å². The van der Waals surface area contributed by atoms with Gasteiger partial charge in [-0.3, -0.25) is 4.79 Å². The SMILES string of the molecule is O=C(c1ccccc1)c1cccc(Cc2ccccc2)c1Nc1ccccc1. The van der Waals surface area contributed by atoms with Gasteiger partial charge in [0.1, 0.15) is 0 Å². The highest BCUT2D eigenvalue weighted by Gasteiger charge is 2.17. The molecule has 28 heavy (non-hydrogen) atoms. The maximum Gasteiger partial charge on any atom is 0.195 e. The van der Waals surface area contributed by atoms with Crippen molar-refractivity contribution in [3.05, 3.63) is 131 Å². The van der Waals surface area contributed by atoms with Gasteiger partial charge >= 0.3 is 0 Å². The molecule has 2 nitrogen and oxygen atoms in total. The van der Waals surface area contributed by atoms with Crippen molar-refractivity contribution in [3.63, 3.8) is 0 Å². The van der Waals surface area contributed by atoms with Gasteiger partial charge in [-0.1, -0.05) is 91.0 Å². The normalized spacial score (nSPS) is 10.4. The van der Waals surface area contributed by atoms with Crippen LogP contribution in [0.4, 0.5) is 11.4 Å². The average molecular weight is 363 g/mol. The lowest BCUT2D eigenvalue weighted by Gasteiger charge is -2.17. The van der Waals surface area contributed by atoms with E-state index in [1.54, 1.807) is 0 Å². The minimum atomic E-state index is 0.0222. The van der Waals surface area contributed by atoms with Crippen LogP contribution >= 0.6 is 0 Å². The van der Waals surface area contributed by atoms with E-state index in [9.17, 15) is 4.79 Å². The van der Waals surface area contributed by atoms with Crippen molar-refractivity contribution in [2.45, 2.75) is 6.42 Å². The summed E-state index contributed by atoms with van der Waals surface area (Å²) in [6.45, 7) is 0. The Morgan fingerprint density at radius 2 is 1.25 bits per heavy atom. The number of carbonyl (C=O) groups is 1. The molecule has 0 amide bonds. The Morgan fingerprint density at radius 3 is 1.93 bits per heavy atom. The highest BCUT2D eigenvalue weighted by Crippen LogP contribution is 2.29. The fourth-order valence-corrected chi connectivity index (χ4v) is 3.31. The van der Waals surface area contributed by atoms with E-state index >= 15 is 0 Å². The van der Waals surface area contributed by atoms with Crippen molar-refractivity contribution in [2.24, 2.45) is 0 Å². The van der Waals surface area contributed by atoms with E-state index in [0.29, 0.717) is 11.1 Å². The van der Waals surface area contributed by atoms with Crippen LogP contribution in [0.5, 0.6) is 0 Å². The summed E-state index contributed by atoms with van der Waals surface area (Å²) in [5, 5.41) is 3.49. The molecule has 0 radical (unpaired) electrons. The molecule has 0 aliphatic rings. The van der Waals surface area contributed by atoms with E-state index in [1.807, 2.05) is 91.0 Å². The third kappa shape index (κ3) is 4.02. The molecule has 1 N–H and O–H groups in total. The standard InChI is InChI=1S/C26H21NO/c28-26(21-13-6-2-7-14-21)24-18-10-15-22(19-20-11-4-1-5-12-20)25(24)27-23-16-8-3-9-17-23/h1-18,27H,19H2. The second kappa shape index (κ2) is 8.36. The number of hydrogen-bond donors (Lipinski definition) is 1. The molecule has 0 fully saturated rings. The van der Waals surface area contributed by atoms with Gasteiger partial charge in [-0.05, 0) is 35.7 Å². The molecule has 0 atom stereocenters. The second-order valence-electron chi connectivity index (χ2n) is 6.69. The molecule has 136 valence electrons. The Labute approximate surface area is 165 Å². The summed E-state index contributed by atoms with van der Waals surface area (Å²) in [6.07, 6.45) is 0.756. The first-order valence-electron chi connectivity index (χ1n) is 9.39. The van der Waals surface area contributed by atoms with E-state index in [0.717, 1.165) is 23.4 Å². The molecule has 0 saturated heterocycles. The molecule has 2 heteroatoms. The largest absolute Gasteiger partial charge is 0.355 e. The number of carbonyl (C=O) groups excluding carboxylic acids is 1. The molecule has 4 aromatic rings. The van der Waals surface area contributed by atoms with E-state index in [2.05, 4.69) is 23.5 Å². The van der Waals surface area contributed by atoms with Crippen molar-refractivity contribution in [3.8, 4) is 0 Å². The van der Waals surface area contributed by atoms with Gasteiger partial charge in [0, 0.05) is 16.8 Å². The van der Waals surface area contributed by atoms with Crippen molar-refractivity contribution in [1.82, 2.24) is 0 Å². The van der Waals surface area contributed by atoms with Gasteiger partial charge < -0.3 is 5.32 Å². The van der Waals surface area contributed by atoms with Crippen molar-refractivity contribution in [2.75, 3.05) is 5.32 Å². The number of nitrogens with one attached hydrogen (secondary N) is 1. The molecular weight excluding hydrogens is 342 g/mol. The maximum atomic E-state index is 13.2. The van der Waals surface area contributed by atoms with Gasteiger partial charge in [0.25, 0.3) is 0 Å². The summed E-state index contributed by atoms with van der Waals surface area (Å²) >= 11 is 0. The second-order valence-corrected chi connectivity index (χ2v) is 6.69. The van der Waals surface area contributed by atoms with Crippen molar-refractivity contribution < 1.29 is 4.79 Å². The van der Waals surface area contributed by atoms with Gasteiger partial charge in [0.2, 0.25) is 0 Å². The predicted molar refractivity (Wildman–Crippen MR) is 115 cm³/mol. The Hall–Kier alpha value is -3.65. The van der Waals surface area contributed by atoms with Crippen LogP contribution in [0, 0.1) is 0 Å². The lowest BCUT2D eigenvalue weighted by Crippen LogP contribution is -2.08. The maximum absolute atomic E-state index is 13.2. The molecule has 0 unspecified atom stereocenters. The summed E-state index contributed by atoms with van der Waals surface area (Å²) in [5.74, 6) is 0.0222. The van der Waals surface area contributed by atoms with E-state index in [1.165, 1.54) is 5.56 Å². The molecule has 0 spiro atoms. The van der Waals surface area contributed by atoms with E-state index < -0.39 is 0 Å². The fourth-order valence-electron chi connectivity index (χ4n) is 3.31. The van der Waals surface area contributed by atoms with Crippen LogP contribution in [-0.4, -0.2) is 5.78 Å². The predicted octanol–water partition coefficient (Wildman–Crippen LogP) is 6.25. The summed E-state index contributed by atoms with van der Waals surface area (Å²) in [4.78, 5) is 13.2. The summed E-state index contributed by atoms with van der Waals surface area (Å²) in [5.41, 5.74) is 5.51. The van der Waals surface area contributed by atoms with Crippen LogP contribution in [0.1, 0.15) is 27.0 Å². The monoisotopic (exact) mass is 363 g/mol. The first-order valence-corrected chi connectivity index (χ1v) is 9.39. The summed E-state index contributed by atoms with van der Waals surface area (Å²) in [7, 11) is 0. The molecular formula is C26H21NO. The zero-order valence-corrected chi connectivity index (χ0v) is 15.5. The number of benzene rings is 4. The quantitative estimate of drug-likeness (QED) is 0.410. The molecule has 4 rings (SSSR count). The Kier molecular flexibility index (Phi) is 5.30. The number of anilines is 2. The van der Waals surface area contributed by atoms with Crippen molar-refractivity contribution in [1.29, 1.82) is 0 Å². The minimum Gasteiger partial charge on any atom is -0.355 e. The molecule has 0 bridgehead atoms. The third-order valence-electron chi connectivity index (χ3n) is 4.71. The molecule has 0 aliphatic heterocycles. The topological polar surface area (TPSA) is 29.1 Å². The van der Waals surface area contributed by atoms with Crippen LogP contribution in [0.2, 0.25) is 0 Å². The van der Waals surface area contributed by atoms with E-state index in [-0.39, 0.29) is 5.78 Å². The van der Waals surface area contributed by atoms with Gasteiger partial charge in [-0.2, -0.15) is 0 Å². The lowest BCUT2D eigenvalue weighted by molar-refractivity contribution is 0.103. The number of para-hydroxylation sites is 2. The van der Waals surface area contributed by atoms with E-state index in [4.69, 9.17) is 0 Å². The Balaban J connectivity index is 1.78. The van der Waals surface area contributed by atoms with Crippen LogP contribution in [0.25, 0.3) is 0 Å². The Bertz CT molecular complexity index is 1060. The van der Waals surface area contributed by atoms with Gasteiger partial charge in [-0.15, -0.1) is 0 Å². The molecule has 0 aromatic heterocycles. The molecule has 0 heterocycles. The van der Waals surface area contributed by atoms with Gasteiger partial charge in [0.05, 0.1) is 5.69 Å². The first-order chi connectivity index (χ1) is 13.8.